The maximum atomic E-state index is 13.1. The molecular formula is C23H33N3O4. The van der Waals surface area contributed by atoms with Crippen molar-refractivity contribution in [3.63, 3.8) is 0 Å². The lowest BCUT2D eigenvalue weighted by molar-refractivity contribution is -0.135. The number of aryl methyl sites for hydroxylation is 1. The fraction of sp³-hybridized carbons (Fsp3) is 0.478. The molecule has 0 aliphatic carbocycles. The summed E-state index contributed by atoms with van der Waals surface area (Å²) in [6.45, 7) is 10.5. The Morgan fingerprint density at radius 1 is 1.17 bits per heavy atom. The molecule has 1 N–H and O–H groups in total. The highest BCUT2D eigenvalue weighted by atomic mass is 16.4. The number of carboxylic acid groups (broad SMARTS) is 1. The van der Waals surface area contributed by atoms with Crippen molar-refractivity contribution >= 4 is 17.8 Å². The first-order chi connectivity index (χ1) is 14.3. The second-order valence-corrected chi connectivity index (χ2v) is 7.33. The van der Waals surface area contributed by atoms with Gasteiger partial charge in [0.15, 0.2) is 0 Å². The molecule has 1 heterocycles. The second kappa shape index (κ2) is 13.3. The smallest absolute Gasteiger partial charge is 0.335 e. The zero-order valence-electron chi connectivity index (χ0n) is 18.0. The molecule has 7 heteroatoms. The van der Waals surface area contributed by atoms with Crippen LogP contribution in [0, 0.1) is 5.92 Å². The second-order valence-electron chi connectivity index (χ2n) is 7.33. The number of aromatic nitrogens is 1. The zero-order valence-corrected chi connectivity index (χ0v) is 18.0. The SMILES string of the molecule is C=CCN(CC=C)C(=O)[C@H](CCCCN(C)C(C)=O)CCc1cc(C(=O)O)ccn1. The third-order valence-corrected chi connectivity index (χ3v) is 5.01. The lowest BCUT2D eigenvalue weighted by Crippen LogP contribution is -2.37. The number of amides is 2. The van der Waals surface area contributed by atoms with E-state index in [0.29, 0.717) is 44.6 Å². The molecule has 0 spiro atoms. The van der Waals surface area contributed by atoms with Crippen molar-refractivity contribution in [2.24, 2.45) is 5.92 Å². The Morgan fingerprint density at radius 2 is 1.83 bits per heavy atom. The Morgan fingerprint density at radius 3 is 2.40 bits per heavy atom. The van der Waals surface area contributed by atoms with E-state index in [2.05, 4.69) is 18.1 Å². The molecule has 0 saturated heterocycles. The van der Waals surface area contributed by atoms with E-state index in [-0.39, 0.29) is 23.3 Å². The van der Waals surface area contributed by atoms with Crippen molar-refractivity contribution in [2.75, 3.05) is 26.7 Å². The Kier molecular flexibility index (Phi) is 11.1. The molecule has 1 aromatic rings. The molecule has 0 unspecified atom stereocenters. The van der Waals surface area contributed by atoms with E-state index in [1.165, 1.54) is 19.2 Å². The highest BCUT2D eigenvalue weighted by molar-refractivity contribution is 5.87. The van der Waals surface area contributed by atoms with Crippen LogP contribution in [0.1, 0.15) is 48.7 Å². The summed E-state index contributed by atoms with van der Waals surface area (Å²) < 4.78 is 0. The topological polar surface area (TPSA) is 90.8 Å². The molecule has 2 amide bonds. The minimum Gasteiger partial charge on any atom is -0.478 e. The average molecular weight is 416 g/mol. The highest BCUT2D eigenvalue weighted by Gasteiger charge is 2.23. The lowest BCUT2D eigenvalue weighted by atomic mass is 9.93. The highest BCUT2D eigenvalue weighted by Crippen LogP contribution is 2.19. The summed E-state index contributed by atoms with van der Waals surface area (Å²) in [6, 6.07) is 3.01. The molecule has 0 radical (unpaired) electrons. The molecule has 7 nitrogen and oxygen atoms in total. The van der Waals surface area contributed by atoms with Crippen LogP contribution in [0.2, 0.25) is 0 Å². The van der Waals surface area contributed by atoms with Crippen molar-refractivity contribution in [1.29, 1.82) is 0 Å². The van der Waals surface area contributed by atoms with Gasteiger partial charge >= 0.3 is 5.97 Å². The molecule has 30 heavy (non-hydrogen) atoms. The van der Waals surface area contributed by atoms with Crippen molar-refractivity contribution in [3.05, 3.63) is 54.9 Å². The van der Waals surface area contributed by atoms with Gasteiger partial charge in [0, 0.05) is 51.4 Å². The molecule has 1 rings (SSSR count). The van der Waals surface area contributed by atoms with Gasteiger partial charge in [0.25, 0.3) is 0 Å². The van der Waals surface area contributed by atoms with E-state index in [0.717, 1.165) is 12.8 Å². The van der Waals surface area contributed by atoms with E-state index >= 15 is 0 Å². The number of pyridine rings is 1. The van der Waals surface area contributed by atoms with E-state index in [4.69, 9.17) is 5.11 Å². The largest absolute Gasteiger partial charge is 0.478 e. The maximum absolute atomic E-state index is 13.1. The summed E-state index contributed by atoms with van der Waals surface area (Å²) in [5.74, 6) is -1.16. The predicted molar refractivity (Wildman–Crippen MR) is 117 cm³/mol. The zero-order chi connectivity index (χ0) is 22.5. The molecule has 1 aromatic heterocycles. The Labute approximate surface area is 179 Å². The quantitative estimate of drug-likeness (QED) is 0.372. The number of carbonyl (C=O) groups is 3. The number of hydrogen-bond donors (Lipinski definition) is 1. The average Bonchev–Trinajstić information content (AvgIpc) is 2.72. The first kappa shape index (κ1) is 25.1. The molecule has 0 saturated carbocycles. The maximum Gasteiger partial charge on any atom is 0.335 e. The third kappa shape index (κ3) is 8.59. The van der Waals surface area contributed by atoms with Crippen LogP contribution < -0.4 is 0 Å². The van der Waals surface area contributed by atoms with Crippen molar-refractivity contribution in [3.8, 4) is 0 Å². The van der Waals surface area contributed by atoms with Crippen molar-refractivity contribution in [1.82, 2.24) is 14.8 Å². The minimum absolute atomic E-state index is 0.0233. The van der Waals surface area contributed by atoms with Crippen LogP contribution in [0.15, 0.2) is 43.6 Å². The van der Waals surface area contributed by atoms with Crippen LogP contribution in [0.4, 0.5) is 0 Å². The minimum atomic E-state index is -0.996. The number of carboxylic acids is 1. The van der Waals surface area contributed by atoms with Gasteiger partial charge in [-0.05, 0) is 37.8 Å². The third-order valence-electron chi connectivity index (χ3n) is 5.01. The normalized spacial score (nSPS) is 11.4. The Balaban J connectivity index is 2.82. The van der Waals surface area contributed by atoms with Gasteiger partial charge in [0.2, 0.25) is 11.8 Å². The molecule has 1 atom stereocenters. The Hall–Kier alpha value is -2.96. The number of aromatic carboxylic acids is 1. The summed E-state index contributed by atoms with van der Waals surface area (Å²) in [6.07, 6.45) is 8.27. The summed E-state index contributed by atoms with van der Waals surface area (Å²) in [5, 5.41) is 9.16. The van der Waals surface area contributed by atoms with Crippen LogP contribution >= 0.6 is 0 Å². The van der Waals surface area contributed by atoms with Gasteiger partial charge in [-0.1, -0.05) is 18.6 Å². The van der Waals surface area contributed by atoms with Crippen LogP contribution in [0.3, 0.4) is 0 Å². The molecule has 0 aliphatic rings. The van der Waals surface area contributed by atoms with Gasteiger partial charge in [-0.25, -0.2) is 4.79 Å². The predicted octanol–water partition coefficient (Wildman–Crippen LogP) is 3.18. The van der Waals surface area contributed by atoms with E-state index < -0.39 is 5.97 Å². The van der Waals surface area contributed by atoms with E-state index in [1.807, 2.05) is 0 Å². The molecular weight excluding hydrogens is 382 g/mol. The van der Waals surface area contributed by atoms with Crippen LogP contribution in [0.5, 0.6) is 0 Å². The first-order valence-electron chi connectivity index (χ1n) is 10.2. The first-order valence-corrected chi connectivity index (χ1v) is 10.2. The molecule has 0 bridgehead atoms. The fourth-order valence-corrected chi connectivity index (χ4v) is 3.18. The van der Waals surface area contributed by atoms with Gasteiger partial charge in [0.05, 0.1) is 5.56 Å². The van der Waals surface area contributed by atoms with Gasteiger partial charge in [0.1, 0.15) is 0 Å². The fourth-order valence-electron chi connectivity index (χ4n) is 3.18. The molecule has 0 fully saturated rings. The molecule has 0 aliphatic heterocycles. The van der Waals surface area contributed by atoms with Gasteiger partial charge < -0.3 is 14.9 Å². The number of nitrogens with zero attached hydrogens (tertiary/aromatic N) is 3. The summed E-state index contributed by atoms with van der Waals surface area (Å²) in [4.78, 5) is 43.3. The van der Waals surface area contributed by atoms with E-state index in [9.17, 15) is 14.4 Å². The molecule has 0 aromatic carbocycles. The standard InChI is InChI=1S/C23H33N3O4/c1-5-14-26(15-6-2)22(28)19(9-7-8-16-25(4)18(3)27)10-11-21-17-20(23(29)30)12-13-24-21/h5-6,12-13,17,19H,1-2,7-11,14-16H2,3-4H3,(H,29,30)/t19-/m1/s1. The Bertz CT molecular complexity index is 738. The van der Waals surface area contributed by atoms with Gasteiger partial charge in [-0.2, -0.15) is 0 Å². The number of hydrogen-bond acceptors (Lipinski definition) is 4. The number of rotatable bonds is 14. The molecule has 164 valence electrons. The van der Waals surface area contributed by atoms with Crippen LogP contribution in [0.25, 0.3) is 0 Å². The van der Waals surface area contributed by atoms with E-state index in [1.54, 1.807) is 35.1 Å². The monoisotopic (exact) mass is 415 g/mol. The summed E-state index contributed by atoms with van der Waals surface area (Å²) in [5.41, 5.74) is 0.845. The number of unbranched alkanes of at least 4 members (excludes halogenated alkanes) is 1. The number of carbonyl (C=O) groups excluding carboxylic acids is 2. The van der Waals surface area contributed by atoms with Crippen LogP contribution in [-0.2, 0) is 16.0 Å². The lowest BCUT2D eigenvalue weighted by Gasteiger charge is -2.26. The van der Waals surface area contributed by atoms with Crippen molar-refractivity contribution < 1.29 is 19.5 Å². The van der Waals surface area contributed by atoms with Gasteiger partial charge in [-0.3, -0.25) is 14.6 Å². The van der Waals surface area contributed by atoms with Crippen molar-refractivity contribution in [2.45, 2.75) is 39.0 Å². The van der Waals surface area contributed by atoms with Gasteiger partial charge in [-0.15, -0.1) is 13.2 Å². The van der Waals surface area contributed by atoms with Crippen LogP contribution in [-0.4, -0.2) is 64.4 Å². The summed E-state index contributed by atoms with van der Waals surface area (Å²) >= 11 is 0. The summed E-state index contributed by atoms with van der Waals surface area (Å²) in [7, 11) is 1.77.